The minimum Gasteiger partial charge on any atom is -0.399 e. The molecule has 0 bridgehead atoms. The van der Waals surface area contributed by atoms with Crippen molar-refractivity contribution in [3.8, 4) is 0 Å². The molecule has 4 rings (SSSR count). The van der Waals surface area contributed by atoms with E-state index in [2.05, 4.69) is 55.6 Å². The Bertz CT molecular complexity index is 1090. The Morgan fingerprint density at radius 3 is 2.43 bits per heavy atom. The summed E-state index contributed by atoms with van der Waals surface area (Å²) in [6.07, 6.45) is 7.43. The Labute approximate surface area is 173 Å². The first-order valence-electron chi connectivity index (χ1n) is 8.88. The van der Waals surface area contributed by atoms with E-state index >= 15 is 0 Å². The molecule has 0 aliphatic heterocycles. The number of nitrogens with two attached hydrogens (primary N) is 2. The molecule has 4 aromatic rings. The van der Waals surface area contributed by atoms with E-state index in [0.29, 0.717) is 0 Å². The average molecular weight is 437 g/mol. The predicted octanol–water partition coefficient (Wildman–Crippen LogP) is 4.20. The van der Waals surface area contributed by atoms with Gasteiger partial charge in [-0.2, -0.15) is 4.57 Å². The first kappa shape index (κ1) is 19.8. The van der Waals surface area contributed by atoms with Crippen LogP contribution in [0.3, 0.4) is 0 Å². The molecule has 0 unspecified atom stereocenters. The number of benzene rings is 1. The van der Waals surface area contributed by atoms with Crippen LogP contribution in [0.25, 0.3) is 10.8 Å². The molecule has 6 heteroatoms. The first-order chi connectivity index (χ1) is 13.4. The molecule has 0 spiro atoms. The van der Waals surface area contributed by atoms with Crippen LogP contribution in [0.1, 0.15) is 17.0 Å². The number of pyridine rings is 3. The van der Waals surface area contributed by atoms with Crippen molar-refractivity contribution >= 4 is 38.1 Å². The fourth-order valence-electron chi connectivity index (χ4n) is 2.88. The standard InChI is InChI=1S/C16H14BrN3.C6H8N2/c1-11-6-14(18)4-5-20(11)10-12-2-3-13-8-19-9-16(17)15(13)7-12;1-5-4-6(7)2-3-8-5/h2-9,18H,10H2,1H3;2-4H,1H3,(H2,7,8)/p+1. The van der Waals surface area contributed by atoms with Crippen LogP contribution in [0.5, 0.6) is 0 Å². The molecule has 142 valence electrons. The summed E-state index contributed by atoms with van der Waals surface area (Å²) in [5, 5.41) is 2.33. The lowest BCUT2D eigenvalue weighted by Crippen LogP contribution is -2.37. The maximum atomic E-state index is 5.79. The van der Waals surface area contributed by atoms with E-state index in [4.69, 9.17) is 11.5 Å². The Hall–Kier alpha value is -2.99. The molecule has 3 heterocycles. The maximum absolute atomic E-state index is 5.79. The Morgan fingerprint density at radius 1 is 0.964 bits per heavy atom. The Balaban J connectivity index is 0.000000236. The smallest absolute Gasteiger partial charge is 0.180 e. The minimum atomic E-state index is 0.775. The molecule has 28 heavy (non-hydrogen) atoms. The van der Waals surface area contributed by atoms with E-state index in [1.807, 2.05) is 43.7 Å². The van der Waals surface area contributed by atoms with Gasteiger partial charge in [0, 0.05) is 70.1 Å². The zero-order chi connectivity index (χ0) is 20.1. The summed E-state index contributed by atoms with van der Waals surface area (Å²) in [5.41, 5.74) is 16.1. The summed E-state index contributed by atoms with van der Waals surface area (Å²) >= 11 is 3.55. The molecule has 3 aromatic heterocycles. The zero-order valence-corrected chi connectivity index (χ0v) is 17.5. The molecule has 4 N–H and O–H groups in total. The molecular formula is C22H23BrN5+. The summed E-state index contributed by atoms with van der Waals surface area (Å²) in [4.78, 5) is 8.14. The highest BCUT2D eigenvalue weighted by Gasteiger charge is 2.09. The molecule has 0 atom stereocenters. The topological polar surface area (TPSA) is 81.7 Å². The average Bonchev–Trinajstić information content (AvgIpc) is 2.65. The lowest BCUT2D eigenvalue weighted by molar-refractivity contribution is -0.694. The highest BCUT2D eigenvalue weighted by Crippen LogP contribution is 2.23. The van der Waals surface area contributed by atoms with Crippen LogP contribution in [0.4, 0.5) is 11.4 Å². The van der Waals surface area contributed by atoms with Crippen LogP contribution < -0.4 is 16.0 Å². The molecule has 0 aliphatic carbocycles. The van der Waals surface area contributed by atoms with E-state index in [-0.39, 0.29) is 0 Å². The number of nitrogen functional groups attached to an aromatic ring is 2. The lowest BCUT2D eigenvalue weighted by Gasteiger charge is -2.05. The SMILES string of the molecule is Cc1cc(N)cc[n+]1Cc1ccc2cncc(Br)c2c1.Cc1cc(N)ccn1. The van der Waals surface area contributed by atoms with Gasteiger partial charge < -0.3 is 11.5 Å². The summed E-state index contributed by atoms with van der Waals surface area (Å²) < 4.78 is 3.21. The Kier molecular flexibility index (Phi) is 6.21. The van der Waals surface area contributed by atoms with E-state index in [1.165, 1.54) is 10.9 Å². The highest BCUT2D eigenvalue weighted by molar-refractivity contribution is 9.10. The maximum Gasteiger partial charge on any atom is 0.180 e. The van der Waals surface area contributed by atoms with Gasteiger partial charge in [-0.15, -0.1) is 0 Å². The number of aromatic nitrogens is 3. The second-order valence-corrected chi connectivity index (χ2v) is 7.49. The van der Waals surface area contributed by atoms with Crippen LogP contribution in [0.2, 0.25) is 0 Å². The van der Waals surface area contributed by atoms with Gasteiger partial charge in [0.2, 0.25) is 0 Å². The largest absolute Gasteiger partial charge is 0.399 e. The fourth-order valence-corrected chi connectivity index (χ4v) is 3.34. The van der Waals surface area contributed by atoms with Crippen molar-refractivity contribution in [3.05, 3.63) is 88.7 Å². The summed E-state index contributed by atoms with van der Waals surface area (Å²) in [6.45, 7) is 4.81. The molecule has 0 radical (unpaired) electrons. The van der Waals surface area contributed by atoms with Gasteiger partial charge in [0.1, 0.15) is 0 Å². The third-order valence-corrected chi connectivity index (χ3v) is 4.96. The van der Waals surface area contributed by atoms with Crippen LogP contribution in [0.15, 0.2) is 71.7 Å². The third kappa shape index (κ3) is 5.04. The predicted molar refractivity (Wildman–Crippen MR) is 118 cm³/mol. The molecule has 1 aromatic carbocycles. The van der Waals surface area contributed by atoms with Crippen molar-refractivity contribution in [3.63, 3.8) is 0 Å². The highest BCUT2D eigenvalue weighted by atomic mass is 79.9. The van der Waals surface area contributed by atoms with Crippen LogP contribution in [-0.4, -0.2) is 9.97 Å². The van der Waals surface area contributed by atoms with Gasteiger partial charge in [0.25, 0.3) is 0 Å². The monoisotopic (exact) mass is 436 g/mol. The van der Waals surface area contributed by atoms with E-state index in [1.54, 1.807) is 12.3 Å². The van der Waals surface area contributed by atoms with Crippen LogP contribution in [-0.2, 0) is 6.54 Å². The van der Waals surface area contributed by atoms with E-state index in [9.17, 15) is 0 Å². The van der Waals surface area contributed by atoms with Crippen molar-refractivity contribution < 1.29 is 4.57 Å². The van der Waals surface area contributed by atoms with Gasteiger partial charge in [-0.25, -0.2) is 0 Å². The normalized spacial score (nSPS) is 10.4. The van der Waals surface area contributed by atoms with Crippen molar-refractivity contribution in [1.29, 1.82) is 0 Å². The third-order valence-electron chi connectivity index (χ3n) is 4.33. The number of halogens is 1. The minimum absolute atomic E-state index is 0.775. The second kappa shape index (κ2) is 8.80. The number of hydrogen-bond donors (Lipinski definition) is 2. The molecule has 0 fully saturated rings. The van der Waals surface area contributed by atoms with Gasteiger partial charge in [-0.1, -0.05) is 12.1 Å². The summed E-state index contributed by atoms with van der Waals surface area (Å²) in [7, 11) is 0. The number of rotatable bonds is 2. The molecular weight excluding hydrogens is 414 g/mol. The number of aryl methyl sites for hydroxylation is 2. The van der Waals surface area contributed by atoms with Gasteiger partial charge in [-0.3, -0.25) is 9.97 Å². The number of hydrogen-bond acceptors (Lipinski definition) is 4. The molecule has 0 saturated carbocycles. The zero-order valence-electron chi connectivity index (χ0n) is 15.9. The number of anilines is 2. The van der Waals surface area contributed by atoms with E-state index < -0.39 is 0 Å². The summed E-state index contributed by atoms with van der Waals surface area (Å²) in [6, 6.07) is 14.0. The summed E-state index contributed by atoms with van der Waals surface area (Å²) in [5.74, 6) is 0. The number of nitrogens with zero attached hydrogens (tertiary/aromatic N) is 3. The molecule has 0 saturated heterocycles. The van der Waals surface area contributed by atoms with Gasteiger partial charge >= 0.3 is 0 Å². The van der Waals surface area contributed by atoms with Gasteiger partial charge in [0.15, 0.2) is 18.4 Å². The van der Waals surface area contributed by atoms with Crippen LogP contribution >= 0.6 is 15.9 Å². The molecule has 0 amide bonds. The van der Waals surface area contributed by atoms with Crippen LogP contribution in [0, 0.1) is 13.8 Å². The molecule has 5 nitrogen and oxygen atoms in total. The Morgan fingerprint density at radius 2 is 1.75 bits per heavy atom. The van der Waals surface area contributed by atoms with Crippen molar-refractivity contribution in [1.82, 2.24) is 9.97 Å². The first-order valence-corrected chi connectivity index (χ1v) is 9.67. The van der Waals surface area contributed by atoms with Crippen molar-refractivity contribution in [2.75, 3.05) is 11.5 Å². The quantitative estimate of drug-likeness (QED) is 0.461. The fraction of sp³-hybridized carbons (Fsp3) is 0.136. The van der Waals surface area contributed by atoms with Crippen molar-refractivity contribution in [2.24, 2.45) is 0 Å². The molecule has 0 aliphatic rings. The lowest BCUT2D eigenvalue weighted by atomic mass is 10.1. The van der Waals surface area contributed by atoms with Gasteiger partial charge in [0.05, 0.1) is 0 Å². The van der Waals surface area contributed by atoms with Gasteiger partial charge in [-0.05, 0) is 46.4 Å². The second-order valence-electron chi connectivity index (χ2n) is 6.64. The number of fused-ring (bicyclic) bond motifs is 1. The van der Waals surface area contributed by atoms with Crippen molar-refractivity contribution in [2.45, 2.75) is 20.4 Å². The van der Waals surface area contributed by atoms with E-state index in [0.717, 1.165) is 39.2 Å².